The van der Waals surface area contributed by atoms with Crippen molar-refractivity contribution >= 4 is 11.4 Å². The van der Waals surface area contributed by atoms with E-state index in [0.29, 0.717) is 11.1 Å². The maximum atomic E-state index is 11.1. The number of terminal acetylenes is 1. The van der Waals surface area contributed by atoms with Crippen molar-refractivity contribution in [3.63, 3.8) is 0 Å². The molecule has 0 saturated heterocycles. The van der Waals surface area contributed by atoms with Crippen molar-refractivity contribution in [3.05, 3.63) is 71.8 Å². The summed E-state index contributed by atoms with van der Waals surface area (Å²) in [5, 5.41) is 0. The highest BCUT2D eigenvalue weighted by Crippen LogP contribution is 2.33. The van der Waals surface area contributed by atoms with Gasteiger partial charge in [0, 0.05) is 11.1 Å². The van der Waals surface area contributed by atoms with Crippen molar-refractivity contribution in [2.75, 3.05) is 0 Å². The molecule has 0 bridgehead atoms. The molecule has 2 aromatic carbocycles. The Morgan fingerprint density at radius 3 is 1.74 bits per heavy atom. The molecule has 19 heavy (non-hydrogen) atoms. The maximum Gasteiger partial charge on any atom is 0.304 e. The van der Waals surface area contributed by atoms with Crippen LogP contribution >= 0.6 is 0 Å². The Morgan fingerprint density at radius 1 is 1.00 bits per heavy atom. The molecular weight excluding hydrogens is 260 g/mol. The summed E-state index contributed by atoms with van der Waals surface area (Å²) in [6, 6.07) is 17.9. The lowest BCUT2D eigenvalue weighted by Gasteiger charge is -2.27. The van der Waals surface area contributed by atoms with Gasteiger partial charge in [0.25, 0.3) is 0 Å². The maximum absolute atomic E-state index is 11.1. The van der Waals surface area contributed by atoms with E-state index in [1.165, 1.54) is 0 Å². The fraction of sp³-hybridized carbons (Fsp3) is 0.0667. The minimum Gasteiger partial charge on any atom is -0.284 e. The third kappa shape index (κ3) is 2.74. The molecule has 0 aliphatic carbocycles. The Balaban J connectivity index is 2.63. The molecule has 2 rings (SSSR count). The second kappa shape index (κ2) is 5.81. The van der Waals surface area contributed by atoms with Crippen LogP contribution in [-0.4, -0.2) is 8.76 Å². The summed E-state index contributed by atoms with van der Waals surface area (Å²) in [4.78, 5) is 0. The van der Waals surface area contributed by atoms with Gasteiger partial charge < -0.3 is 0 Å². The van der Waals surface area contributed by atoms with Gasteiger partial charge in [-0.15, -0.1) is 6.42 Å². The van der Waals surface area contributed by atoms with E-state index in [0.717, 1.165) is 0 Å². The van der Waals surface area contributed by atoms with E-state index in [4.69, 9.17) is 15.2 Å². The minimum atomic E-state index is -2.48. The zero-order valence-electron chi connectivity index (χ0n) is 10.0. The van der Waals surface area contributed by atoms with E-state index >= 15 is 0 Å². The summed E-state index contributed by atoms with van der Waals surface area (Å²) in [6.07, 6.45) is 5.60. The highest BCUT2D eigenvalue weighted by Gasteiger charge is 2.35. The highest BCUT2D eigenvalue weighted by molar-refractivity contribution is 7.74. The highest BCUT2D eigenvalue weighted by atomic mass is 32.2. The molecule has 0 fully saturated rings. The molecule has 0 heterocycles. The SMILES string of the molecule is C#CC(OS(=O)O)(c1ccccc1)c1ccccc1. The Kier molecular flexibility index (Phi) is 4.13. The Bertz CT molecular complexity index is 563. The van der Waals surface area contributed by atoms with Crippen molar-refractivity contribution < 1.29 is 12.9 Å². The average Bonchev–Trinajstić information content (AvgIpc) is 2.46. The normalized spacial score (nSPS) is 12.6. The molecule has 1 atom stereocenters. The average molecular weight is 272 g/mol. The van der Waals surface area contributed by atoms with Gasteiger partial charge in [-0.25, -0.2) is 4.18 Å². The lowest BCUT2D eigenvalue weighted by atomic mass is 9.87. The fourth-order valence-corrected chi connectivity index (χ4v) is 2.36. The summed E-state index contributed by atoms with van der Waals surface area (Å²) in [6.45, 7) is 0. The van der Waals surface area contributed by atoms with Crippen LogP contribution in [-0.2, 0) is 21.1 Å². The summed E-state index contributed by atoms with van der Waals surface area (Å²) in [7, 11) is 0. The molecule has 0 amide bonds. The van der Waals surface area contributed by atoms with Crippen molar-refractivity contribution in [1.29, 1.82) is 0 Å². The van der Waals surface area contributed by atoms with E-state index in [1.54, 1.807) is 48.5 Å². The van der Waals surface area contributed by atoms with Crippen LogP contribution in [0.5, 0.6) is 0 Å². The third-order valence-electron chi connectivity index (χ3n) is 2.76. The quantitative estimate of drug-likeness (QED) is 0.687. The predicted octanol–water partition coefficient (Wildman–Crippen LogP) is 2.72. The van der Waals surface area contributed by atoms with Crippen LogP contribution in [0.15, 0.2) is 60.7 Å². The van der Waals surface area contributed by atoms with E-state index in [2.05, 4.69) is 5.92 Å². The first-order valence-corrected chi connectivity index (χ1v) is 6.61. The minimum absolute atomic E-state index is 0.631. The summed E-state index contributed by atoms with van der Waals surface area (Å²) < 4.78 is 25.4. The standard InChI is InChI=1S/C15H12O3S/c1-2-15(18-19(16)17,13-9-5-3-6-10-13)14-11-7-4-8-12-14/h1,3-12H,(H,16,17). The molecule has 1 N–H and O–H groups in total. The second-order valence-corrected chi connectivity index (χ2v) is 4.46. The largest absolute Gasteiger partial charge is 0.304 e. The molecule has 0 aliphatic heterocycles. The van der Waals surface area contributed by atoms with Gasteiger partial charge in [0.1, 0.15) is 0 Å². The summed E-state index contributed by atoms with van der Waals surface area (Å²) in [5.74, 6) is 2.50. The molecule has 0 radical (unpaired) electrons. The van der Waals surface area contributed by atoms with Gasteiger partial charge in [0.05, 0.1) is 0 Å². The molecule has 2 aromatic rings. The first-order chi connectivity index (χ1) is 9.19. The summed E-state index contributed by atoms with van der Waals surface area (Å²) >= 11 is -2.48. The van der Waals surface area contributed by atoms with Gasteiger partial charge in [-0.2, -0.15) is 4.21 Å². The molecule has 0 spiro atoms. The number of rotatable bonds is 4. The molecule has 0 aliphatic rings. The van der Waals surface area contributed by atoms with Crippen molar-refractivity contribution in [2.45, 2.75) is 5.60 Å². The number of benzene rings is 2. The molecule has 96 valence electrons. The molecule has 0 aromatic heterocycles. The van der Waals surface area contributed by atoms with Gasteiger partial charge in [-0.1, -0.05) is 66.6 Å². The van der Waals surface area contributed by atoms with Crippen LogP contribution in [0.3, 0.4) is 0 Å². The fourth-order valence-electron chi connectivity index (χ4n) is 1.91. The monoisotopic (exact) mass is 272 g/mol. The van der Waals surface area contributed by atoms with E-state index in [9.17, 15) is 4.21 Å². The number of hydrogen-bond donors (Lipinski definition) is 1. The molecular formula is C15H12O3S. The van der Waals surface area contributed by atoms with Gasteiger partial charge in [-0.05, 0) is 0 Å². The van der Waals surface area contributed by atoms with Crippen LogP contribution < -0.4 is 0 Å². The van der Waals surface area contributed by atoms with Crippen LogP contribution in [0.1, 0.15) is 11.1 Å². The topological polar surface area (TPSA) is 46.5 Å². The molecule has 4 heteroatoms. The van der Waals surface area contributed by atoms with Crippen LogP contribution in [0.2, 0.25) is 0 Å². The van der Waals surface area contributed by atoms with E-state index in [-0.39, 0.29) is 0 Å². The van der Waals surface area contributed by atoms with Gasteiger partial charge in [0.15, 0.2) is 5.60 Å². The Labute approximate surface area is 114 Å². The van der Waals surface area contributed by atoms with Crippen molar-refractivity contribution in [3.8, 4) is 12.3 Å². The first-order valence-electron chi connectivity index (χ1n) is 5.58. The number of hydrogen-bond acceptors (Lipinski definition) is 2. The zero-order valence-corrected chi connectivity index (χ0v) is 10.8. The Morgan fingerprint density at radius 2 is 1.42 bits per heavy atom. The smallest absolute Gasteiger partial charge is 0.284 e. The van der Waals surface area contributed by atoms with Gasteiger partial charge in [0.2, 0.25) is 0 Å². The summed E-state index contributed by atoms with van der Waals surface area (Å²) in [5.41, 5.74) is -0.112. The van der Waals surface area contributed by atoms with E-state index in [1.807, 2.05) is 12.1 Å². The van der Waals surface area contributed by atoms with Crippen LogP contribution in [0, 0.1) is 12.3 Å². The molecule has 0 saturated carbocycles. The van der Waals surface area contributed by atoms with Crippen molar-refractivity contribution in [1.82, 2.24) is 0 Å². The predicted molar refractivity (Wildman–Crippen MR) is 74.4 cm³/mol. The Hall–Kier alpha value is -1.93. The van der Waals surface area contributed by atoms with Gasteiger partial charge in [-0.3, -0.25) is 4.55 Å². The lowest BCUT2D eigenvalue weighted by Crippen LogP contribution is -2.30. The zero-order chi connectivity index (χ0) is 13.7. The third-order valence-corrected chi connectivity index (χ3v) is 3.15. The molecule has 3 nitrogen and oxygen atoms in total. The molecule has 1 unspecified atom stereocenters. The van der Waals surface area contributed by atoms with Crippen LogP contribution in [0.25, 0.3) is 0 Å². The second-order valence-electron chi connectivity index (χ2n) is 3.86. The first kappa shape index (κ1) is 13.5. The van der Waals surface area contributed by atoms with Crippen LogP contribution in [0.4, 0.5) is 0 Å². The lowest BCUT2D eigenvalue weighted by molar-refractivity contribution is 0.178. The van der Waals surface area contributed by atoms with Gasteiger partial charge >= 0.3 is 11.4 Å². The van der Waals surface area contributed by atoms with E-state index < -0.39 is 17.0 Å². The van der Waals surface area contributed by atoms with Crippen molar-refractivity contribution in [2.24, 2.45) is 0 Å².